The van der Waals surface area contributed by atoms with E-state index in [9.17, 15) is 5.11 Å². The van der Waals surface area contributed by atoms with E-state index in [-0.39, 0.29) is 0 Å². The number of likely N-dealkylation sites (tertiary alicyclic amines) is 1. The van der Waals surface area contributed by atoms with Gasteiger partial charge in [0.25, 0.3) is 0 Å². The van der Waals surface area contributed by atoms with Crippen molar-refractivity contribution in [2.24, 2.45) is 0 Å². The Morgan fingerprint density at radius 1 is 1.29 bits per heavy atom. The van der Waals surface area contributed by atoms with Gasteiger partial charge in [0.15, 0.2) is 0 Å². The van der Waals surface area contributed by atoms with Crippen LogP contribution in [0, 0.1) is 0 Å². The molecule has 0 aliphatic carbocycles. The van der Waals surface area contributed by atoms with Gasteiger partial charge in [-0.2, -0.15) is 0 Å². The molecule has 0 unspecified atom stereocenters. The van der Waals surface area contributed by atoms with Crippen LogP contribution < -0.4 is 0 Å². The lowest BCUT2D eigenvalue weighted by atomic mass is 9.85. The van der Waals surface area contributed by atoms with Crippen molar-refractivity contribution in [3.8, 4) is 0 Å². The third kappa shape index (κ3) is 2.08. The first-order chi connectivity index (χ1) is 8.17. The molecule has 3 nitrogen and oxygen atoms in total. The number of hydrogen-bond acceptors (Lipinski definition) is 3. The number of rotatable bonds is 2. The van der Waals surface area contributed by atoms with Crippen molar-refractivity contribution in [2.45, 2.75) is 18.1 Å². The second-order valence-electron chi connectivity index (χ2n) is 4.96. The molecule has 4 heteroatoms. The molecule has 2 aliphatic rings. The van der Waals surface area contributed by atoms with Crippen LogP contribution in [0.3, 0.4) is 0 Å². The van der Waals surface area contributed by atoms with Crippen molar-refractivity contribution in [1.82, 2.24) is 4.90 Å². The molecule has 0 saturated carbocycles. The van der Waals surface area contributed by atoms with E-state index in [1.807, 2.05) is 24.3 Å². The zero-order valence-corrected chi connectivity index (χ0v) is 10.4. The van der Waals surface area contributed by atoms with Crippen molar-refractivity contribution >= 4 is 11.6 Å². The van der Waals surface area contributed by atoms with Gasteiger partial charge in [0, 0.05) is 30.8 Å². The van der Waals surface area contributed by atoms with Gasteiger partial charge in [0.05, 0.1) is 6.61 Å². The number of benzene rings is 1. The Bertz CT molecular complexity index is 394. The minimum absolute atomic E-state index is 0.488. The van der Waals surface area contributed by atoms with Gasteiger partial charge in [0.2, 0.25) is 0 Å². The van der Waals surface area contributed by atoms with E-state index in [1.54, 1.807) is 0 Å². The maximum absolute atomic E-state index is 10.5. The first kappa shape index (κ1) is 11.5. The van der Waals surface area contributed by atoms with Crippen molar-refractivity contribution in [2.75, 3.05) is 26.3 Å². The first-order valence-electron chi connectivity index (χ1n) is 5.98. The Labute approximate surface area is 106 Å². The van der Waals surface area contributed by atoms with Crippen LogP contribution in [-0.2, 0) is 10.3 Å². The lowest BCUT2D eigenvalue weighted by Crippen LogP contribution is -2.62. The molecule has 0 radical (unpaired) electrons. The average Bonchev–Trinajstić information content (AvgIpc) is 2.79. The molecule has 1 atom stereocenters. The zero-order valence-electron chi connectivity index (χ0n) is 9.60. The summed E-state index contributed by atoms with van der Waals surface area (Å²) in [4.78, 5) is 2.29. The molecule has 2 aliphatic heterocycles. The normalized spacial score (nSPS) is 28.0. The summed E-state index contributed by atoms with van der Waals surface area (Å²) in [6, 6.07) is 7.96. The maximum atomic E-state index is 10.5. The van der Waals surface area contributed by atoms with Gasteiger partial charge in [-0.3, -0.25) is 4.90 Å². The molecule has 2 saturated heterocycles. The van der Waals surface area contributed by atoms with Gasteiger partial charge in [-0.25, -0.2) is 0 Å². The van der Waals surface area contributed by atoms with Gasteiger partial charge in [-0.15, -0.1) is 0 Å². The molecule has 3 rings (SSSR count). The van der Waals surface area contributed by atoms with Crippen LogP contribution in [0.1, 0.15) is 12.0 Å². The van der Waals surface area contributed by atoms with Crippen molar-refractivity contribution in [3.63, 3.8) is 0 Å². The largest absolute Gasteiger partial charge is 0.382 e. The molecule has 0 aromatic heterocycles. The van der Waals surface area contributed by atoms with Crippen LogP contribution in [0.4, 0.5) is 0 Å². The van der Waals surface area contributed by atoms with Crippen molar-refractivity contribution in [1.29, 1.82) is 0 Å². The monoisotopic (exact) mass is 253 g/mol. The highest BCUT2D eigenvalue weighted by molar-refractivity contribution is 6.30. The second-order valence-corrected chi connectivity index (χ2v) is 5.40. The number of nitrogens with zero attached hydrogens (tertiary/aromatic N) is 1. The number of β-amino-alcohol motifs (C(OH)–C–C–N with tert-alkyl or cyclic N) is 1. The molecule has 1 aromatic carbocycles. The molecule has 1 aromatic rings. The second kappa shape index (κ2) is 4.25. The average molecular weight is 254 g/mol. The van der Waals surface area contributed by atoms with E-state index < -0.39 is 5.60 Å². The van der Waals surface area contributed by atoms with E-state index in [0.717, 1.165) is 25.2 Å². The molecule has 0 amide bonds. The summed E-state index contributed by atoms with van der Waals surface area (Å²) in [5.41, 5.74) is 0.254. The summed E-state index contributed by atoms with van der Waals surface area (Å²) in [6.45, 7) is 3.04. The Balaban J connectivity index is 1.67. The fraction of sp³-hybridized carbons (Fsp3) is 0.538. The van der Waals surface area contributed by atoms with E-state index in [0.29, 0.717) is 24.2 Å². The lowest BCUT2D eigenvalue weighted by molar-refractivity contribution is -0.121. The fourth-order valence-corrected chi connectivity index (χ4v) is 2.76. The Morgan fingerprint density at radius 2 is 2.00 bits per heavy atom. The van der Waals surface area contributed by atoms with Crippen LogP contribution in [-0.4, -0.2) is 42.4 Å². The fourth-order valence-electron chi connectivity index (χ4n) is 2.64. The van der Waals surface area contributed by atoms with Crippen LogP contribution in [0.25, 0.3) is 0 Å². The molecule has 1 N–H and O–H groups in total. The van der Waals surface area contributed by atoms with Crippen LogP contribution >= 0.6 is 11.6 Å². The molecular weight excluding hydrogens is 238 g/mol. The third-order valence-electron chi connectivity index (χ3n) is 3.73. The minimum Gasteiger partial charge on any atom is -0.382 e. The standard InChI is InChI=1S/C13H16ClNO2/c14-11-3-1-10(2-4-11)13(16)8-15(9-13)12-5-6-17-7-12/h1-4,12,16H,5-9H2/t12-/m1/s1. The predicted molar refractivity (Wildman–Crippen MR) is 66.1 cm³/mol. The van der Waals surface area contributed by atoms with Crippen molar-refractivity contribution in [3.05, 3.63) is 34.9 Å². The summed E-state index contributed by atoms with van der Waals surface area (Å²) in [5, 5.41) is 11.2. The van der Waals surface area contributed by atoms with E-state index >= 15 is 0 Å². The molecule has 0 bridgehead atoms. The third-order valence-corrected chi connectivity index (χ3v) is 3.98. The number of aliphatic hydroxyl groups is 1. The van der Waals surface area contributed by atoms with Crippen LogP contribution in [0.5, 0.6) is 0 Å². The van der Waals surface area contributed by atoms with E-state index in [4.69, 9.17) is 16.3 Å². The summed E-state index contributed by atoms with van der Waals surface area (Å²) in [5.74, 6) is 0. The summed E-state index contributed by atoms with van der Waals surface area (Å²) in [6.07, 6.45) is 1.08. The Morgan fingerprint density at radius 3 is 2.59 bits per heavy atom. The van der Waals surface area contributed by atoms with Gasteiger partial charge in [-0.1, -0.05) is 23.7 Å². The molecule has 17 heavy (non-hydrogen) atoms. The lowest BCUT2D eigenvalue weighted by Gasteiger charge is -2.49. The van der Waals surface area contributed by atoms with Gasteiger partial charge >= 0.3 is 0 Å². The number of halogens is 1. The highest BCUT2D eigenvalue weighted by Crippen LogP contribution is 2.35. The SMILES string of the molecule is OC1(c2ccc(Cl)cc2)CN([C@@H]2CCOC2)C1. The topological polar surface area (TPSA) is 32.7 Å². The number of hydrogen-bond donors (Lipinski definition) is 1. The molecule has 0 spiro atoms. The quantitative estimate of drug-likeness (QED) is 0.870. The zero-order chi connectivity index (χ0) is 11.9. The Hall–Kier alpha value is -0.610. The summed E-state index contributed by atoms with van der Waals surface area (Å²) >= 11 is 5.85. The molecule has 92 valence electrons. The molecule has 2 heterocycles. The van der Waals surface area contributed by atoms with Crippen molar-refractivity contribution < 1.29 is 9.84 Å². The summed E-state index contributed by atoms with van der Waals surface area (Å²) in [7, 11) is 0. The van der Waals surface area contributed by atoms with E-state index in [1.165, 1.54) is 0 Å². The maximum Gasteiger partial charge on any atom is 0.115 e. The smallest absolute Gasteiger partial charge is 0.115 e. The summed E-state index contributed by atoms with van der Waals surface area (Å²) < 4.78 is 5.36. The highest BCUT2D eigenvalue weighted by Gasteiger charge is 2.45. The van der Waals surface area contributed by atoms with Crippen LogP contribution in [0.15, 0.2) is 24.3 Å². The van der Waals surface area contributed by atoms with Gasteiger partial charge in [0.1, 0.15) is 5.60 Å². The first-order valence-corrected chi connectivity index (χ1v) is 6.35. The molecular formula is C13H16ClNO2. The van der Waals surface area contributed by atoms with E-state index in [2.05, 4.69) is 4.90 Å². The molecule has 2 fully saturated rings. The highest BCUT2D eigenvalue weighted by atomic mass is 35.5. The number of ether oxygens (including phenoxy) is 1. The predicted octanol–water partition coefficient (Wildman–Crippen LogP) is 1.63. The van der Waals surface area contributed by atoms with Gasteiger partial charge < -0.3 is 9.84 Å². The minimum atomic E-state index is -0.701. The van der Waals surface area contributed by atoms with Crippen LogP contribution in [0.2, 0.25) is 5.02 Å². The van der Waals surface area contributed by atoms with Gasteiger partial charge in [-0.05, 0) is 24.1 Å². The Kier molecular flexibility index (Phi) is 2.87.